The monoisotopic (exact) mass is 352 g/mol. The Hall–Kier alpha value is -1.30. The molecule has 1 aromatic carbocycles. The van der Waals surface area contributed by atoms with Crippen LogP contribution in [-0.2, 0) is 0 Å². The highest BCUT2D eigenvalue weighted by atomic mass is 35.5. The van der Waals surface area contributed by atoms with Crippen molar-refractivity contribution in [1.29, 1.82) is 0 Å². The lowest BCUT2D eigenvalue weighted by atomic mass is 9.88. The summed E-state index contributed by atoms with van der Waals surface area (Å²) in [7, 11) is 0. The van der Waals surface area contributed by atoms with E-state index in [1.807, 2.05) is 30.3 Å². The van der Waals surface area contributed by atoms with Gasteiger partial charge in [-0.05, 0) is 43.4 Å². The van der Waals surface area contributed by atoms with Crippen molar-refractivity contribution in [3.63, 3.8) is 0 Å². The van der Waals surface area contributed by atoms with Crippen LogP contribution in [0.1, 0.15) is 26.2 Å². The number of benzene rings is 1. The highest BCUT2D eigenvalue weighted by Gasteiger charge is 2.32. The predicted molar refractivity (Wildman–Crippen MR) is 101 cm³/mol. The fourth-order valence-electron chi connectivity index (χ4n) is 3.65. The number of amides is 2. The summed E-state index contributed by atoms with van der Waals surface area (Å²) in [5, 5.41) is 9.46. The first-order valence-corrected chi connectivity index (χ1v) is 8.69. The topological polar surface area (TPSA) is 56.4 Å². The van der Waals surface area contributed by atoms with Crippen LogP contribution in [0.3, 0.4) is 0 Å². The molecule has 5 nitrogen and oxygen atoms in total. The molecular formula is C18H29ClN4O. The number of halogens is 1. The van der Waals surface area contributed by atoms with Crippen LogP contribution in [0.25, 0.3) is 0 Å². The minimum atomic E-state index is -0.0957. The van der Waals surface area contributed by atoms with Crippen LogP contribution in [0.15, 0.2) is 30.3 Å². The van der Waals surface area contributed by atoms with Gasteiger partial charge in [0.05, 0.1) is 0 Å². The SMILES string of the molecule is CC1(CN2CCC(NC(=O)Nc3ccccc3)CC2)CCNC1.Cl. The van der Waals surface area contributed by atoms with Gasteiger partial charge in [-0.1, -0.05) is 25.1 Å². The summed E-state index contributed by atoms with van der Waals surface area (Å²) in [6.45, 7) is 7.98. The number of likely N-dealkylation sites (tertiary alicyclic amines) is 1. The number of piperidine rings is 1. The molecule has 1 atom stereocenters. The summed E-state index contributed by atoms with van der Waals surface area (Å²) in [4.78, 5) is 14.6. The number of urea groups is 1. The van der Waals surface area contributed by atoms with E-state index in [1.54, 1.807) is 0 Å². The quantitative estimate of drug-likeness (QED) is 0.781. The van der Waals surface area contributed by atoms with E-state index in [-0.39, 0.29) is 24.5 Å². The molecule has 0 spiro atoms. The molecule has 0 aromatic heterocycles. The van der Waals surface area contributed by atoms with Gasteiger partial charge in [-0.3, -0.25) is 0 Å². The van der Waals surface area contributed by atoms with Gasteiger partial charge < -0.3 is 20.9 Å². The summed E-state index contributed by atoms with van der Waals surface area (Å²) < 4.78 is 0. The maximum absolute atomic E-state index is 12.0. The normalized spacial score (nSPS) is 25.0. The molecule has 24 heavy (non-hydrogen) atoms. The van der Waals surface area contributed by atoms with Crippen molar-refractivity contribution in [2.24, 2.45) is 5.41 Å². The molecular weight excluding hydrogens is 324 g/mol. The Balaban J connectivity index is 0.00000208. The molecule has 2 fully saturated rings. The Morgan fingerprint density at radius 3 is 2.62 bits per heavy atom. The highest BCUT2D eigenvalue weighted by Crippen LogP contribution is 2.27. The second kappa shape index (κ2) is 8.70. The first kappa shape index (κ1) is 19.0. The highest BCUT2D eigenvalue weighted by molar-refractivity contribution is 5.89. The van der Waals surface area contributed by atoms with Gasteiger partial charge >= 0.3 is 6.03 Å². The molecule has 0 saturated carbocycles. The van der Waals surface area contributed by atoms with Crippen LogP contribution >= 0.6 is 12.4 Å². The van der Waals surface area contributed by atoms with E-state index >= 15 is 0 Å². The average molecular weight is 353 g/mol. The molecule has 2 aliphatic rings. The van der Waals surface area contributed by atoms with Crippen LogP contribution in [0.4, 0.5) is 10.5 Å². The van der Waals surface area contributed by atoms with Gasteiger partial charge in [-0.25, -0.2) is 4.79 Å². The summed E-state index contributed by atoms with van der Waals surface area (Å²) in [6.07, 6.45) is 3.34. The van der Waals surface area contributed by atoms with E-state index in [0.29, 0.717) is 5.41 Å². The molecule has 0 aliphatic carbocycles. The van der Waals surface area contributed by atoms with E-state index in [2.05, 4.69) is 27.8 Å². The molecule has 6 heteroatoms. The largest absolute Gasteiger partial charge is 0.335 e. The molecule has 0 bridgehead atoms. The van der Waals surface area contributed by atoms with Crippen molar-refractivity contribution in [3.05, 3.63) is 30.3 Å². The van der Waals surface area contributed by atoms with Gasteiger partial charge in [-0.2, -0.15) is 0 Å². The maximum Gasteiger partial charge on any atom is 0.319 e. The first-order valence-electron chi connectivity index (χ1n) is 8.69. The Labute approximate surface area is 151 Å². The Morgan fingerprint density at radius 2 is 2.00 bits per heavy atom. The molecule has 134 valence electrons. The van der Waals surface area contributed by atoms with Crippen LogP contribution < -0.4 is 16.0 Å². The fourth-order valence-corrected chi connectivity index (χ4v) is 3.65. The molecule has 2 aliphatic heterocycles. The Morgan fingerprint density at radius 1 is 1.29 bits per heavy atom. The van der Waals surface area contributed by atoms with Crippen molar-refractivity contribution in [2.45, 2.75) is 32.2 Å². The molecule has 0 radical (unpaired) electrons. The smallest absolute Gasteiger partial charge is 0.319 e. The van der Waals surface area contributed by atoms with Crippen molar-refractivity contribution in [1.82, 2.24) is 15.5 Å². The molecule has 2 saturated heterocycles. The zero-order valence-electron chi connectivity index (χ0n) is 14.4. The summed E-state index contributed by atoms with van der Waals surface area (Å²) in [5.74, 6) is 0. The zero-order chi connectivity index (χ0) is 16.1. The number of para-hydroxylation sites is 1. The van der Waals surface area contributed by atoms with Crippen LogP contribution in [0.5, 0.6) is 0 Å². The van der Waals surface area contributed by atoms with Crippen molar-refractivity contribution in [3.8, 4) is 0 Å². The third kappa shape index (κ3) is 5.36. The van der Waals surface area contributed by atoms with Crippen molar-refractivity contribution >= 4 is 24.1 Å². The van der Waals surface area contributed by atoms with Gasteiger partial charge in [0.1, 0.15) is 0 Å². The number of rotatable bonds is 4. The van der Waals surface area contributed by atoms with Gasteiger partial charge in [0.25, 0.3) is 0 Å². The van der Waals surface area contributed by atoms with Gasteiger partial charge in [0.15, 0.2) is 0 Å². The van der Waals surface area contributed by atoms with E-state index < -0.39 is 0 Å². The molecule has 3 N–H and O–H groups in total. The number of nitrogens with zero attached hydrogens (tertiary/aromatic N) is 1. The summed E-state index contributed by atoms with van der Waals surface area (Å²) >= 11 is 0. The third-order valence-corrected chi connectivity index (χ3v) is 5.02. The number of carbonyl (C=O) groups is 1. The van der Waals surface area contributed by atoms with E-state index in [9.17, 15) is 4.79 Å². The number of hydrogen-bond donors (Lipinski definition) is 3. The maximum atomic E-state index is 12.0. The van der Waals surface area contributed by atoms with Crippen molar-refractivity contribution < 1.29 is 4.79 Å². The lowest BCUT2D eigenvalue weighted by Gasteiger charge is -2.37. The first-order chi connectivity index (χ1) is 11.1. The van der Waals surface area contributed by atoms with Crippen LogP contribution in [0, 0.1) is 5.41 Å². The molecule has 2 heterocycles. The lowest BCUT2D eigenvalue weighted by Crippen LogP contribution is -2.48. The standard InChI is InChI=1S/C18H28N4O.ClH/c1-18(9-10-19-13-18)14-22-11-7-16(8-12-22)21-17(23)20-15-5-3-2-4-6-15;/h2-6,16,19H,7-14H2,1H3,(H2,20,21,23);1H. The zero-order valence-corrected chi connectivity index (χ0v) is 15.2. The minimum Gasteiger partial charge on any atom is -0.335 e. The van der Waals surface area contributed by atoms with E-state index in [1.165, 1.54) is 13.0 Å². The number of carbonyl (C=O) groups excluding carboxylic acids is 1. The molecule has 3 rings (SSSR count). The summed E-state index contributed by atoms with van der Waals surface area (Å²) in [6, 6.07) is 9.78. The minimum absolute atomic E-state index is 0. The molecule has 1 aromatic rings. The number of hydrogen-bond acceptors (Lipinski definition) is 3. The number of nitrogens with one attached hydrogen (secondary N) is 3. The lowest BCUT2D eigenvalue weighted by molar-refractivity contribution is 0.139. The third-order valence-electron chi connectivity index (χ3n) is 5.02. The summed E-state index contributed by atoms with van der Waals surface area (Å²) in [5.41, 5.74) is 1.26. The Kier molecular flexibility index (Phi) is 6.90. The Bertz CT molecular complexity index is 511. The van der Waals surface area contributed by atoms with E-state index in [0.717, 1.165) is 44.7 Å². The predicted octanol–water partition coefficient (Wildman–Crippen LogP) is 2.69. The number of anilines is 1. The van der Waals surface area contributed by atoms with Crippen molar-refractivity contribution in [2.75, 3.05) is 38.0 Å². The van der Waals surface area contributed by atoms with Crippen LogP contribution in [0.2, 0.25) is 0 Å². The molecule has 2 amide bonds. The van der Waals surface area contributed by atoms with E-state index in [4.69, 9.17) is 0 Å². The van der Waals surface area contributed by atoms with Gasteiger partial charge in [0, 0.05) is 37.9 Å². The van der Waals surface area contributed by atoms with Crippen LogP contribution in [-0.4, -0.2) is 49.7 Å². The second-order valence-corrected chi connectivity index (χ2v) is 7.25. The van der Waals surface area contributed by atoms with Gasteiger partial charge in [0.2, 0.25) is 0 Å². The van der Waals surface area contributed by atoms with Gasteiger partial charge in [-0.15, -0.1) is 12.4 Å². The second-order valence-electron chi connectivity index (χ2n) is 7.25. The average Bonchev–Trinajstić information content (AvgIpc) is 2.96. The molecule has 1 unspecified atom stereocenters. The fraction of sp³-hybridized carbons (Fsp3) is 0.611.